The van der Waals surface area contributed by atoms with Crippen LogP contribution < -0.4 is 4.90 Å². The molecule has 0 aliphatic rings. The van der Waals surface area contributed by atoms with Crippen molar-refractivity contribution in [1.82, 2.24) is 0 Å². The van der Waals surface area contributed by atoms with Gasteiger partial charge in [0.05, 0.1) is 5.69 Å². The minimum atomic E-state index is 1.10. The Morgan fingerprint density at radius 3 is 1.35 bits per heavy atom. The third-order valence-corrected chi connectivity index (χ3v) is 13.3. The Bertz CT molecular complexity index is 3870. The van der Waals surface area contributed by atoms with Crippen LogP contribution in [0.15, 0.2) is 237 Å². The second kappa shape index (κ2) is 14.2. The highest BCUT2D eigenvalue weighted by molar-refractivity contribution is 6.37. The van der Waals surface area contributed by atoms with Crippen molar-refractivity contribution in [3.8, 4) is 33.4 Å². The van der Waals surface area contributed by atoms with Crippen LogP contribution in [0.4, 0.5) is 17.1 Å². The normalized spacial score (nSPS) is 11.8. The summed E-state index contributed by atoms with van der Waals surface area (Å²) in [6.45, 7) is 0. The Morgan fingerprint density at radius 2 is 0.667 bits per heavy atom. The molecule has 1 nitrogen and oxygen atoms in total. The van der Waals surface area contributed by atoms with Crippen LogP contribution in [0.2, 0.25) is 0 Å². The minimum Gasteiger partial charge on any atom is -0.310 e. The van der Waals surface area contributed by atoms with Gasteiger partial charge in [-0.3, -0.25) is 0 Å². The lowest BCUT2D eigenvalue weighted by atomic mass is 9.87. The lowest BCUT2D eigenvalue weighted by Gasteiger charge is -2.29. The summed E-state index contributed by atoms with van der Waals surface area (Å²) in [5.41, 5.74) is 10.5. The van der Waals surface area contributed by atoms with Crippen molar-refractivity contribution in [3.63, 3.8) is 0 Å². The summed E-state index contributed by atoms with van der Waals surface area (Å²) in [5.74, 6) is 0. The fraction of sp³-hybridized carbons (Fsp3) is 0. The lowest BCUT2D eigenvalue weighted by Crippen LogP contribution is -2.11. The molecule has 292 valence electrons. The summed E-state index contributed by atoms with van der Waals surface area (Å²) < 4.78 is 0. The molecule has 0 aromatic heterocycles. The van der Waals surface area contributed by atoms with Crippen molar-refractivity contribution < 1.29 is 0 Å². The molecule has 0 aliphatic heterocycles. The first-order valence-corrected chi connectivity index (χ1v) is 21.8. The van der Waals surface area contributed by atoms with E-state index in [9.17, 15) is 0 Å². The molecule has 0 aliphatic carbocycles. The van der Waals surface area contributed by atoms with Gasteiger partial charge < -0.3 is 4.90 Å². The zero-order valence-corrected chi connectivity index (χ0v) is 34.5. The van der Waals surface area contributed by atoms with Gasteiger partial charge in [-0.1, -0.05) is 206 Å². The first-order valence-electron chi connectivity index (χ1n) is 21.8. The van der Waals surface area contributed by atoms with Crippen LogP contribution in [0.3, 0.4) is 0 Å². The topological polar surface area (TPSA) is 3.24 Å². The zero-order chi connectivity index (χ0) is 41.4. The van der Waals surface area contributed by atoms with E-state index < -0.39 is 0 Å². The van der Waals surface area contributed by atoms with Gasteiger partial charge >= 0.3 is 0 Å². The van der Waals surface area contributed by atoms with Gasteiger partial charge in [0, 0.05) is 16.9 Å². The molecule has 13 aromatic rings. The number of nitrogens with zero attached hydrogens (tertiary/aromatic N) is 1. The fourth-order valence-electron chi connectivity index (χ4n) is 10.5. The van der Waals surface area contributed by atoms with E-state index in [1.54, 1.807) is 0 Å². The standard InChI is InChI=1S/C62H39N/c1-2-12-43(13-3-1)53-20-6-7-25-58(53)63(49-36-34-41(35-37-49)40-26-28-44(29-27-40)52-21-8-15-42-14-4-5-19-51(42)52)50-38-48-33-32-47-17-10-23-55-54-22-9-16-45-30-31-46-18-11-24-56(61(46)59(45)54)57(39-50)62(48)60(47)55/h1-39H. The van der Waals surface area contributed by atoms with E-state index in [0.717, 1.165) is 17.1 Å². The highest BCUT2D eigenvalue weighted by atomic mass is 15.1. The van der Waals surface area contributed by atoms with Gasteiger partial charge in [0.25, 0.3) is 0 Å². The number of anilines is 3. The molecule has 13 rings (SSSR count). The summed E-state index contributed by atoms with van der Waals surface area (Å²) in [6, 6.07) is 87.5. The first kappa shape index (κ1) is 35.5. The summed E-state index contributed by atoms with van der Waals surface area (Å²) in [6.07, 6.45) is 0. The molecule has 0 unspecified atom stereocenters. The molecule has 0 fully saturated rings. The van der Waals surface area contributed by atoms with E-state index in [1.807, 2.05) is 0 Å². The maximum Gasteiger partial charge on any atom is 0.0540 e. The highest BCUT2D eigenvalue weighted by Gasteiger charge is 2.21. The summed E-state index contributed by atoms with van der Waals surface area (Å²) >= 11 is 0. The molecule has 0 heterocycles. The van der Waals surface area contributed by atoms with Crippen molar-refractivity contribution in [2.24, 2.45) is 0 Å². The fourth-order valence-corrected chi connectivity index (χ4v) is 10.5. The van der Waals surface area contributed by atoms with Crippen LogP contribution in [0.5, 0.6) is 0 Å². The second-order valence-corrected chi connectivity index (χ2v) is 16.8. The largest absolute Gasteiger partial charge is 0.310 e. The molecule has 0 atom stereocenters. The minimum absolute atomic E-state index is 1.10. The van der Waals surface area contributed by atoms with Crippen molar-refractivity contribution in [2.75, 3.05) is 4.90 Å². The maximum absolute atomic E-state index is 2.47. The van der Waals surface area contributed by atoms with E-state index in [2.05, 4.69) is 241 Å². The Labute approximate surface area is 365 Å². The maximum atomic E-state index is 2.47. The predicted molar refractivity (Wildman–Crippen MR) is 271 cm³/mol. The average Bonchev–Trinajstić information content (AvgIpc) is 3.35. The molecule has 0 N–H and O–H groups in total. The van der Waals surface area contributed by atoms with E-state index >= 15 is 0 Å². The Kier molecular flexibility index (Phi) is 7.98. The van der Waals surface area contributed by atoms with E-state index in [0.29, 0.717) is 0 Å². The molecule has 0 saturated carbocycles. The van der Waals surface area contributed by atoms with Crippen molar-refractivity contribution in [3.05, 3.63) is 237 Å². The van der Waals surface area contributed by atoms with Crippen molar-refractivity contribution in [1.29, 1.82) is 0 Å². The van der Waals surface area contributed by atoms with Crippen LogP contribution in [0, 0.1) is 0 Å². The van der Waals surface area contributed by atoms with Crippen molar-refractivity contribution >= 4 is 92.5 Å². The number of rotatable bonds is 6. The molecule has 0 spiro atoms. The number of hydrogen-bond acceptors (Lipinski definition) is 1. The van der Waals surface area contributed by atoms with Gasteiger partial charge in [0.1, 0.15) is 0 Å². The van der Waals surface area contributed by atoms with Crippen LogP contribution in [0.1, 0.15) is 0 Å². The number of para-hydroxylation sites is 1. The molecule has 13 aromatic carbocycles. The lowest BCUT2D eigenvalue weighted by molar-refractivity contribution is 1.29. The summed E-state index contributed by atoms with van der Waals surface area (Å²) in [4.78, 5) is 2.47. The van der Waals surface area contributed by atoms with Gasteiger partial charge in [-0.25, -0.2) is 0 Å². The molecule has 0 bridgehead atoms. The molecule has 0 amide bonds. The predicted octanol–water partition coefficient (Wildman–Crippen LogP) is 17.7. The third kappa shape index (κ3) is 5.64. The zero-order valence-electron chi connectivity index (χ0n) is 34.5. The van der Waals surface area contributed by atoms with E-state index in [-0.39, 0.29) is 0 Å². The second-order valence-electron chi connectivity index (χ2n) is 16.8. The summed E-state index contributed by atoms with van der Waals surface area (Å²) in [7, 11) is 0. The van der Waals surface area contributed by atoms with Gasteiger partial charge in [0.2, 0.25) is 0 Å². The molecule has 0 radical (unpaired) electrons. The Hall–Kier alpha value is -8.26. The molecule has 1 heteroatoms. The third-order valence-electron chi connectivity index (χ3n) is 13.3. The van der Waals surface area contributed by atoms with Crippen LogP contribution in [0.25, 0.3) is 109 Å². The van der Waals surface area contributed by atoms with Gasteiger partial charge in [-0.15, -0.1) is 0 Å². The molecular formula is C62H39N. The number of benzene rings is 12. The van der Waals surface area contributed by atoms with Gasteiger partial charge in [-0.05, 0) is 134 Å². The smallest absolute Gasteiger partial charge is 0.0540 e. The van der Waals surface area contributed by atoms with Crippen LogP contribution in [-0.2, 0) is 0 Å². The first-order chi connectivity index (χ1) is 31.2. The Morgan fingerprint density at radius 1 is 0.222 bits per heavy atom. The monoisotopic (exact) mass is 797 g/mol. The quantitative estimate of drug-likeness (QED) is 0.152. The van der Waals surface area contributed by atoms with Gasteiger partial charge in [0.15, 0.2) is 0 Å². The highest BCUT2D eigenvalue weighted by Crippen LogP contribution is 2.48. The summed E-state index contributed by atoms with van der Waals surface area (Å²) in [5, 5.41) is 17.8. The van der Waals surface area contributed by atoms with Crippen molar-refractivity contribution in [2.45, 2.75) is 0 Å². The molecule has 0 saturated heterocycles. The average molecular weight is 798 g/mol. The van der Waals surface area contributed by atoms with E-state index in [4.69, 9.17) is 0 Å². The van der Waals surface area contributed by atoms with Crippen LogP contribution in [-0.4, -0.2) is 0 Å². The van der Waals surface area contributed by atoms with E-state index in [1.165, 1.54) is 109 Å². The number of hydrogen-bond donors (Lipinski definition) is 0. The van der Waals surface area contributed by atoms with Gasteiger partial charge in [-0.2, -0.15) is 0 Å². The molecule has 63 heavy (non-hydrogen) atoms. The van der Waals surface area contributed by atoms with Crippen LogP contribution >= 0.6 is 0 Å². The SMILES string of the molecule is c1ccc(-c2ccccc2N(c2ccc(-c3ccc(-c4cccc5ccccc45)cc3)cc2)c2cc3ccc4cccc5c6cccc7ccc8cccc(c(c2)c3c45)c8c76)cc1. The Balaban J connectivity index is 1.04. The number of fused-ring (bicyclic) bond motifs is 3. The molecular weight excluding hydrogens is 759 g/mol.